The van der Waals surface area contributed by atoms with Gasteiger partial charge in [-0.25, -0.2) is 0 Å². The van der Waals surface area contributed by atoms with Crippen molar-refractivity contribution in [2.24, 2.45) is 11.7 Å². The maximum absolute atomic E-state index is 12.2. The number of nitrogens with two attached hydrogens (primary N) is 1. The summed E-state index contributed by atoms with van der Waals surface area (Å²) in [6, 6.07) is -0.0143. The van der Waals surface area contributed by atoms with Gasteiger partial charge in [-0.1, -0.05) is 0 Å². The fourth-order valence-corrected chi connectivity index (χ4v) is 2.18. The van der Waals surface area contributed by atoms with Gasteiger partial charge in [-0.2, -0.15) is 13.2 Å². The summed E-state index contributed by atoms with van der Waals surface area (Å²) in [5.74, 6) is 0.0353. The molecule has 1 amide bonds. The molecule has 128 valence electrons. The van der Waals surface area contributed by atoms with Crippen molar-refractivity contribution in [2.45, 2.75) is 38.4 Å². The second-order valence-electron chi connectivity index (χ2n) is 5.33. The Morgan fingerprint density at radius 2 is 2.05 bits per heavy atom. The first-order chi connectivity index (χ1) is 8.76. The minimum Gasteiger partial charge on any atom is -0.356 e. The average molecular weight is 354 g/mol. The normalized spacial score (nSPS) is 20.3. The van der Waals surface area contributed by atoms with Gasteiger partial charge >= 0.3 is 6.18 Å². The summed E-state index contributed by atoms with van der Waals surface area (Å²) < 4.78 is 36.6. The maximum Gasteiger partial charge on any atom is 0.401 e. The molecular formula is C12H24Cl2F3N3O. The Labute approximate surface area is 135 Å². The number of carbonyl (C=O) groups is 1. The predicted octanol–water partition coefficient (Wildman–Crippen LogP) is 1.96. The smallest absolute Gasteiger partial charge is 0.356 e. The molecule has 0 aromatic heterocycles. The first-order valence-electron chi connectivity index (χ1n) is 6.57. The third-order valence-electron chi connectivity index (χ3n) is 3.19. The largest absolute Gasteiger partial charge is 0.401 e. The average Bonchev–Trinajstić information content (AvgIpc) is 2.68. The molecule has 21 heavy (non-hydrogen) atoms. The number of alkyl halides is 3. The van der Waals surface area contributed by atoms with Crippen molar-refractivity contribution in [1.29, 1.82) is 0 Å². The molecule has 0 aromatic carbocycles. The van der Waals surface area contributed by atoms with E-state index in [1.807, 2.05) is 6.92 Å². The summed E-state index contributed by atoms with van der Waals surface area (Å²) >= 11 is 0. The zero-order valence-electron chi connectivity index (χ0n) is 12.0. The van der Waals surface area contributed by atoms with Crippen molar-refractivity contribution in [3.8, 4) is 0 Å². The molecule has 2 unspecified atom stereocenters. The summed E-state index contributed by atoms with van der Waals surface area (Å²) in [4.78, 5) is 12.8. The van der Waals surface area contributed by atoms with Gasteiger partial charge in [0.2, 0.25) is 5.91 Å². The molecule has 0 spiro atoms. The Bertz CT molecular complexity index is 304. The van der Waals surface area contributed by atoms with Crippen molar-refractivity contribution >= 4 is 30.7 Å². The van der Waals surface area contributed by atoms with E-state index < -0.39 is 12.7 Å². The molecule has 0 aliphatic carbocycles. The zero-order valence-corrected chi connectivity index (χ0v) is 13.6. The van der Waals surface area contributed by atoms with Gasteiger partial charge in [-0.15, -0.1) is 24.8 Å². The molecule has 9 heteroatoms. The van der Waals surface area contributed by atoms with Crippen LogP contribution in [-0.2, 0) is 4.79 Å². The first kappa shape index (κ1) is 23.0. The van der Waals surface area contributed by atoms with E-state index in [0.29, 0.717) is 38.9 Å². The highest BCUT2D eigenvalue weighted by Gasteiger charge is 2.34. The topological polar surface area (TPSA) is 58.4 Å². The van der Waals surface area contributed by atoms with E-state index in [0.717, 1.165) is 0 Å². The molecule has 3 N–H and O–H groups in total. The molecule has 4 nitrogen and oxygen atoms in total. The van der Waals surface area contributed by atoms with Gasteiger partial charge in [0.05, 0.1) is 6.54 Å². The number of hydrogen-bond donors (Lipinski definition) is 2. The van der Waals surface area contributed by atoms with Gasteiger partial charge in [0.15, 0.2) is 0 Å². The number of rotatable bonds is 6. The molecule has 0 radical (unpaired) electrons. The van der Waals surface area contributed by atoms with Crippen LogP contribution in [0.3, 0.4) is 0 Å². The SMILES string of the molecule is CC(N)CCC(=O)NCC1CCN(CC(F)(F)F)C1.Cl.Cl. The van der Waals surface area contributed by atoms with E-state index >= 15 is 0 Å². The fraction of sp³-hybridized carbons (Fsp3) is 0.917. The van der Waals surface area contributed by atoms with Gasteiger partial charge in [-0.3, -0.25) is 9.69 Å². The number of amides is 1. The van der Waals surface area contributed by atoms with Crippen LogP contribution in [0.1, 0.15) is 26.2 Å². The third kappa shape index (κ3) is 11.0. The van der Waals surface area contributed by atoms with E-state index in [1.165, 1.54) is 4.90 Å². The van der Waals surface area contributed by atoms with E-state index in [1.54, 1.807) is 0 Å². The molecule has 1 saturated heterocycles. The van der Waals surface area contributed by atoms with E-state index in [4.69, 9.17) is 5.73 Å². The molecule has 0 aromatic rings. The lowest BCUT2D eigenvalue weighted by molar-refractivity contribution is -0.143. The van der Waals surface area contributed by atoms with Crippen LogP contribution in [0.5, 0.6) is 0 Å². The summed E-state index contributed by atoms with van der Waals surface area (Å²) in [7, 11) is 0. The number of likely N-dealkylation sites (tertiary alicyclic amines) is 1. The summed E-state index contributed by atoms with van der Waals surface area (Å²) in [5.41, 5.74) is 5.54. The molecule has 0 bridgehead atoms. The standard InChI is InChI=1S/C12H22F3N3O.2ClH/c1-9(16)2-3-11(19)17-6-10-4-5-18(7-10)8-12(13,14)15;;/h9-10H,2-8,16H2,1H3,(H,17,19);2*1H. The first-order valence-corrected chi connectivity index (χ1v) is 6.57. The molecule has 1 aliphatic rings. The van der Waals surface area contributed by atoms with E-state index in [2.05, 4.69) is 5.32 Å². The Kier molecular flexibility index (Phi) is 11.5. The van der Waals surface area contributed by atoms with Crippen molar-refractivity contribution in [3.63, 3.8) is 0 Å². The lowest BCUT2D eigenvalue weighted by Gasteiger charge is -2.18. The van der Waals surface area contributed by atoms with E-state index in [-0.39, 0.29) is 42.7 Å². The quantitative estimate of drug-likeness (QED) is 0.767. The highest BCUT2D eigenvalue weighted by Crippen LogP contribution is 2.22. The monoisotopic (exact) mass is 353 g/mol. The minimum atomic E-state index is -4.14. The molecule has 1 rings (SSSR count). The third-order valence-corrected chi connectivity index (χ3v) is 3.19. The van der Waals surface area contributed by atoms with Crippen LogP contribution in [-0.4, -0.2) is 49.2 Å². The van der Waals surface area contributed by atoms with Gasteiger partial charge in [0.1, 0.15) is 0 Å². The molecule has 0 saturated carbocycles. The van der Waals surface area contributed by atoms with Crippen LogP contribution >= 0.6 is 24.8 Å². The molecule has 1 heterocycles. The van der Waals surface area contributed by atoms with Crippen molar-refractivity contribution in [2.75, 3.05) is 26.2 Å². The summed E-state index contributed by atoms with van der Waals surface area (Å²) in [6.45, 7) is 2.26. The van der Waals surface area contributed by atoms with Crippen LogP contribution in [0.4, 0.5) is 13.2 Å². The number of nitrogens with zero attached hydrogens (tertiary/aromatic N) is 1. The molecule has 2 atom stereocenters. The maximum atomic E-state index is 12.2. The van der Waals surface area contributed by atoms with Crippen LogP contribution in [0.15, 0.2) is 0 Å². The van der Waals surface area contributed by atoms with Crippen LogP contribution in [0.2, 0.25) is 0 Å². The highest BCUT2D eigenvalue weighted by molar-refractivity contribution is 5.85. The Balaban J connectivity index is 0. The second kappa shape index (κ2) is 10.5. The van der Waals surface area contributed by atoms with Crippen molar-refractivity contribution in [1.82, 2.24) is 10.2 Å². The number of nitrogens with one attached hydrogen (secondary N) is 1. The van der Waals surface area contributed by atoms with Gasteiger partial charge < -0.3 is 11.1 Å². The number of halogens is 5. The summed E-state index contributed by atoms with van der Waals surface area (Å²) in [5, 5.41) is 2.76. The molecular weight excluding hydrogens is 330 g/mol. The fourth-order valence-electron chi connectivity index (χ4n) is 2.18. The lowest BCUT2D eigenvalue weighted by atomic mass is 10.1. The van der Waals surface area contributed by atoms with Gasteiger partial charge in [-0.05, 0) is 32.2 Å². The number of hydrogen-bond acceptors (Lipinski definition) is 3. The van der Waals surface area contributed by atoms with Crippen LogP contribution < -0.4 is 11.1 Å². The minimum absolute atomic E-state index is 0. The zero-order chi connectivity index (χ0) is 14.5. The Morgan fingerprint density at radius 1 is 1.43 bits per heavy atom. The Morgan fingerprint density at radius 3 is 2.57 bits per heavy atom. The lowest BCUT2D eigenvalue weighted by Crippen LogP contribution is -2.35. The van der Waals surface area contributed by atoms with Crippen molar-refractivity contribution < 1.29 is 18.0 Å². The molecule has 1 fully saturated rings. The second-order valence-corrected chi connectivity index (χ2v) is 5.33. The molecule has 1 aliphatic heterocycles. The van der Waals surface area contributed by atoms with Crippen LogP contribution in [0.25, 0.3) is 0 Å². The van der Waals surface area contributed by atoms with Crippen molar-refractivity contribution in [3.05, 3.63) is 0 Å². The van der Waals surface area contributed by atoms with Gasteiger partial charge in [0.25, 0.3) is 0 Å². The highest BCUT2D eigenvalue weighted by atomic mass is 35.5. The van der Waals surface area contributed by atoms with Crippen LogP contribution in [0, 0.1) is 5.92 Å². The van der Waals surface area contributed by atoms with E-state index in [9.17, 15) is 18.0 Å². The predicted molar refractivity (Wildman–Crippen MR) is 81.0 cm³/mol. The number of carbonyl (C=O) groups excluding carboxylic acids is 1. The van der Waals surface area contributed by atoms with Gasteiger partial charge in [0, 0.05) is 25.6 Å². The summed E-state index contributed by atoms with van der Waals surface area (Å²) in [6.07, 6.45) is -2.45. The Hall–Kier alpha value is -0.240.